The van der Waals surface area contributed by atoms with E-state index in [1.54, 1.807) is 11.3 Å². The summed E-state index contributed by atoms with van der Waals surface area (Å²) in [5.41, 5.74) is 6.07. The molecule has 0 aromatic carbocycles. The lowest BCUT2D eigenvalue weighted by molar-refractivity contribution is 0.267. The SMILES string of the molecule is NC(c1ccc(Cl)s1)C1CCC1. The number of halogens is 1. The summed E-state index contributed by atoms with van der Waals surface area (Å²) < 4.78 is 0.847. The molecule has 2 rings (SSSR count). The maximum atomic E-state index is 6.07. The van der Waals surface area contributed by atoms with E-state index in [-0.39, 0.29) is 6.04 Å². The van der Waals surface area contributed by atoms with Crippen LogP contribution >= 0.6 is 22.9 Å². The van der Waals surface area contributed by atoms with Crippen molar-refractivity contribution in [3.8, 4) is 0 Å². The molecule has 1 heterocycles. The number of rotatable bonds is 2. The fraction of sp³-hybridized carbons (Fsp3) is 0.556. The van der Waals surface area contributed by atoms with Gasteiger partial charge in [0.15, 0.2) is 0 Å². The van der Waals surface area contributed by atoms with Crippen molar-refractivity contribution in [3.05, 3.63) is 21.3 Å². The van der Waals surface area contributed by atoms with E-state index in [0.717, 1.165) is 4.34 Å². The molecule has 0 saturated heterocycles. The van der Waals surface area contributed by atoms with Crippen LogP contribution in [0.25, 0.3) is 0 Å². The van der Waals surface area contributed by atoms with Crippen LogP contribution in [0.4, 0.5) is 0 Å². The summed E-state index contributed by atoms with van der Waals surface area (Å²) in [5.74, 6) is 0.708. The average Bonchev–Trinajstić information content (AvgIpc) is 2.31. The number of thiophene rings is 1. The first kappa shape index (κ1) is 8.54. The van der Waals surface area contributed by atoms with Gasteiger partial charge >= 0.3 is 0 Å². The zero-order valence-electron chi connectivity index (χ0n) is 6.79. The van der Waals surface area contributed by atoms with Crippen molar-refractivity contribution in [1.29, 1.82) is 0 Å². The summed E-state index contributed by atoms with van der Waals surface area (Å²) in [4.78, 5) is 1.24. The Hall–Kier alpha value is -0.0500. The third-order valence-corrected chi connectivity index (χ3v) is 3.91. The van der Waals surface area contributed by atoms with E-state index < -0.39 is 0 Å². The molecule has 12 heavy (non-hydrogen) atoms. The van der Waals surface area contributed by atoms with Gasteiger partial charge in [0.1, 0.15) is 0 Å². The van der Waals surface area contributed by atoms with E-state index in [1.165, 1.54) is 24.1 Å². The lowest BCUT2D eigenvalue weighted by Gasteiger charge is -2.30. The molecule has 66 valence electrons. The van der Waals surface area contributed by atoms with Crippen molar-refractivity contribution in [3.63, 3.8) is 0 Å². The molecular weight excluding hydrogens is 190 g/mol. The summed E-state index contributed by atoms with van der Waals surface area (Å²) in [5, 5.41) is 0. The van der Waals surface area contributed by atoms with Gasteiger partial charge in [0.05, 0.1) is 4.34 Å². The van der Waals surface area contributed by atoms with E-state index >= 15 is 0 Å². The number of nitrogens with two attached hydrogens (primary N) is 1. The van der Waals surface area contributed by atoms with Gasteiger partial charge in [-0.15, -0.1) is 11.3 Å². The van der Waals surface area contributed by atoms with Gasteiger partial charge in [-0.1, -0.05) is 18.0 Å². The zero-order valence-corrected chi connectivity index (χ0v) is 8.37. The van der Waals surface area contributed by atoms with Gasteiger partial charge in [-0.05, 0) is 30.9 Å². The monoisotopic (exact) mass is 201 g/mol. The number of hydrogen-bond donors (Lipinski definition) is 1. The fourth-order valence-corrected chi connectivity index (χ4v) is 2.69. The second kappa shape index (κ2) is 3.36. The molecular formula is C9H12ClNS. The van der Waals surface area contributed by atoms with E-state index in [1.807, 2.05) is 6.07 Å². The van der Waals surface area contributed by atoms with Crippen molar-refractivity contribution in [2.24, 2.45) is 11.7 Å². The van der Waals surface area contributed by atoms with Crippen LogP contribution in [0, 0.1) is 5.92 Å². The van der Waals surface area contributed by atoms with Crippen molar-refractivity contribution >= 4 is 22.9 Å². The molecule has 1 aliphatic rings. The molecule has 1 aliphatic carbocycles. The molecule has 2 N–H and O–H groups in total. The standard InChI is InChI=1S/C9H12ClNS/c10-8-5-4-7(12-8)9(11)6-2-1-3-6/h4-6,9H,1-3,11H2. The Kier molecular flexibility index (Phi) is 2.40. The van der Waals surface area contributed by atoms with Crippen molar-refractivity contribution < 1.29 is 0 Å². The second-order valence-corrected chi connectivity index (χ2v) is 5.11. The Bertz CT molecular complexity index is 267. The van der Waals surface area contributed by atoms with Crippen molar-refractivity contribution in [2.45, 2.75) is 25.3 Å². The minimum Gasteiger partial charge on any atom is -0.323 e. The molecule has 1 aromatic heterocycles. The lowest BCUT2D eigenvalue weighted by Crippen LogP contribution is -2.25. The largest absolute Gasteiger partial charge is 0.323 e. The Morgan fingerprint density at radius 1 is 1.50 bits per heavy atom. The van der Waals surface area contributed by atoms with Gasteiger partial charge in [-0.2, -0.15) is 0 Å². The summed E-state index contributed by atoms with van der Waals surface area (Å²) in [7, 11) is 0. The highest BCUT2D eigenvalue weighted by Crippen LogP contribution is 2.39. The van der Waals surface area contributed by atoms with Crippen molar-refractivity contribution in [2.75, 3.05) is 0 Å². The third kappa shape index (κ3) is 1.51. The molecule has 0 amide bonds. The van der Waals surface area contributed by atoms with E-state index in [2.05, 4.69) is 6.07 Å². The molecule has 0 spiro atoms. The predicted molar refractivity (Wildman–Crippen MR) is 53.6 cm³/mol. The quantitative estimate of drug-likeness (QED) is 0.782. The summed E-state index contributed by atoms with van der Waals surface area (Å²) >= 11 is 7.45. The first-order chi connectivity index (χ1) is 5.77. The lowest BCUT2D eigenvalue weighted by atomic mass is 9.79. The first-order valence-electron chi connectivity index (χ1n) is 4.28. The molecule has 0 bridgehead atoms. The molecule has 1 nitrogen and oxygen atoms in total. The van der Waals surface area contributed by atoms with E-state index in [0.29, 0.717) is 5.92 Å². The third-order valence-electron chi connectivity index (χ3n) is 2.58. The normalized spacial score (nSPS) is 20.5. The highest BCUT2D eigenvalue weighted by atomic mass is 35.5. The van der Waals surface area contributed by atoms with Crippen LogP contribution in [0.3, 0.4) is 0 Å². The van der Waals surface area contributed by atoms with Crippen LogP contribution in [0.1, 0.15) is 30.2 Å². The number of hydrogen-bond acceptors (Lipinski definition) is 2. The molecule has 1 fully saturated rings. The van der Waals surface area contributed by atoms with Crippen LogP contribution in [0.5, 0.6) is 0 Å². The van der Waals surface area contributed by atoms with Gasteiger partial charge in [0.25, 0.3) is 0 Å². The zero-order chi connectivity index (χ0) is 8.55. The van der Waals surface area contributed by atoms with Crippen LogP contribution in [0.2, 0.25) is 4.34 Å². The molecule has 1 aromatic rings. The van der Waals surface area contributed by atoms with Gasteiger partial charge in [0.2, 0.25) is 0 Å². The Morgan fingerprint density at radius 3 is 2.67 bits per heavy atom. The first-order valence-corrected chi connectivity index (χ1v) is 5.47. The highest BCUT2D eigenvalue weighted by Gasteiger charge is 2.26. The van der Waals surface area contributed by atoms with Crippen molar-refractivity contribution in [1.82, 2.24) is 0 Å². The van der Waals surface area contributed by atoms with E-state index in [9.17, 15) is 0 Å². The van der Waals surface area contributed by atoms with Crippen LogP contribution < -0.4 is 5.73 Å². The molecule has 0 radical (unpaired) electrons. The summed E-state index contributed by atoms with van der Waals surface area (Å²) in [6.45, 7) is 0. The Balaban J connectivity index is 2.08. The maximum absolute atomic E-state index is 6.07. The topological polar surface area (TPSA) is 26.0 Å². The minimum atomic E-state index is 0.233. The van der Waals surface area contributed by atoms with Crippen LogP contribution in [0.15, 0.2) is 12.1 Å². The Labute approximate surface area is 81.5 Å². The Morgan fingerprint density at radius 2 is 2.25 bits per heavy atom. The summed E-state index contributed by atoms with van der Waals surface area (Å²) in [6, 6.07) is 4.21. The molecule has 0 aliphatic heterocycles. The second-order valence-electron chi connectivity index (χ2n) is 3.36. The maximum Gasteiger partial charge on any atom is 0.0931 e. The van der Waals surface area contributed by atoms with Crippen LogP contribution in [-0.2, 0) is 0 Å². The molecule has 3 heteroatoms. The molecule has 1 unspecified atom stereocenters. The van der Waals surface area contributed by atoms with Crippen LogP contribution in [-0.4, -0.2) is 0 Å². The van der Waals surface area contributed by atoms with Gasteiger partial charge in [-0.3, -0.25) is 0 Å². The minimum absolute atomic E-state index is 0.233. The summed E-state index contributed by atoms with van der Waals surface area (Å²) in [6.07, 6.45) is 3.92. The highest BCUT2D eigenvalue weighted by molar-refractivity contribution is 7.16. The van der Waals surface area contributed by atoms with Gasteiger partial charge < -0.3 is 5.73 Å². The van der Waals surface area contributed by atoms with E-state index in [4.69, 9.17) is 17.3 Å². The smallest absolute Gasteiger partial charge is 0.0931 e. The molecule has 1 saturated carbocycles. The predicted octanol–water partition coefficient (Wildman–Crippen LogP) is 3.20. The van der Waals surface area contributed by atoms with Gasteiger partial charge in [-0.25, -0.2) is 0 Å². The van der Waals surface area contributed by atoms with Gasteiger partial charge in [0, 0.05) is 10.9 Å². The average molecular weight is 202 g/mol. The fourth-order valence-electron chi connectivity index (χ4n) is 1.54. The molecule has 1 atom stereocenters.